The van der Waals surface area contributed by atoms with E-state index in [2.05, 4.69) is 25.8 Å². The molecule has 4 rings (SSSR count). The molecule has 0 unspecified atom stereocenters. The molecule has 2 aliphatic heterocycles. The van der Waals surface area contributed by atoms with Crippen molar-refractivity contribution in [2.45, 2.75) is 38.8 Å². The molecule has 1 spiro atoms. The molecule has 0 aromatic carbocycles. The largest absolute Gasteiger partial charge is 0.465 e. The molecule has 26 heavy (non-hydrogen) atoms. The van der Waals surface area contributed by atoms with Crippen LogP contribution < -0.4 is 4.90 Å². The third kappa shape index (κ3) is 3.62. The Bertz CT molecular complexity index is 710. The highest BCUT2D eigenvalue weighted by molar-refractivity contribution is 5.35. The molecule has 2 aliphatic rings. The molecule has 4 heterocycles. The van der Waals surface area contributed by atoms with Gasteiger partial charge < -0.3 is 14.1 Å². The number of hydrogen-bond donors (Lipinski definition) is 0. The van der Waals surface area contributed by atoms with Gasteiger partial charge in [0.2, 0.25) is 5.95 Å². The number of nitrogens with zero attached hydrogens (tertiary/aromatic N) is 4. The first-order chi connectivity index (χ1) is 12.7. The second kappa shape index (κ2) is 7.37. The Hall–Kier alpha value is -1.92. The second-order valence-corrected chi connectivity index (χ2v) is 7.78. The predicted molar refractivity (Wildman–Crippen MR) is 100 cm³/mol. The first kappa shape index (κ1) is 17.5. The molecule has 0 radical (unpaired) electrons. The topological polar surface area (TPSA) is 54.6 Å². The Balaban J connectivity index is 1.41. The number of hydrogen-bond acceptors (Lipinski definition) is 6. The van der Waals surface area contributed by atoms with Crippen molar-refractivity contribution in [1.29, 1.82) is 0 Å². The predicted octanol–water partition coefficient (Wildman–Crippen LogP) is 2.89. The van der Waals surface area contributed by atoms with Crippen LogP contribution in [0, 0.1) is 12.3 Å². The van der Waals surface area contributed by atoms with Crippen LogP contribution in [0.1, 0.15) is 30.8 Å². The lowest BCUT2D eigenvalue weighted by molar-refractivity contribution is 0.100. The lowest BCUT2D eigenvalue weighted by atomic mass is 9.76. The zero-order chi connectivity index (χ0) is 18.0. The van der Waals surface area contributed by atoms with E-state index in [9.17, 15) is 0 Å². The number of furan rings is 1. The van der Waals surface area contributed by atoms with Crippen LogP contribution >= 0.6 is 0 Å². The third-order valence-corrected chi connectivity index (χ3v) is 5.88. The van der Waals surface area contributed by atoms with Crippen LogP contribution in [0.3, 0.4) is 0 Å². The minimum absolute atomic E-state index is 0.345. The number of ether oxygens (including phenoxy) is 1. The summed E-state index contributed by atoms with van der Waals surface area (Å²) in [6.07, 6.45) is 7.22. The highest BCUT2D eigenvalue weighted by Crippen LogP contribution is 2.44. The van der Waals surface area contributed by atoms with Crippen LogP contribution in [0.4, 0.5) is 5.95 Å². The second-order valence-electron chi connectivity index (χ2n) is 7.78. The molecule has 2 saturated heterocycles. The summed E-state index contributed by atoms with van der Waals surface area (Å²) in [5.41, 5.74) is 0.345. The summed E-state index contributed by atoms with van der Waals surface area (Å²) in [5, 5.41) is 0. The van der Waals surface area contributed by atoms with Crippen LogP contribution in [0.2, 0.25) is 0 Å². The van der Waals surface area contributed by atoms with Gasteiger partial charge in [-0.15, -0.1) is 0 Å². The number of piperidine rings is 1. The number of rotatable bonds is 5. The molecule has 0 saturated carbocycles. The maximum Gasteiger partial charge on any atom is 0.225 e. The Morgan fingerprint density at radius 2 is 2.00 bits per heavy atom. The van der Waals surface area contributed by atoms with Crippen LogP contribution in [-0.4, -0.2) is 54.3 Å². The maximum atomic E-state index is 5.74. The molecule has 1 atom stereocenters. The fraction of sp³-hybridized carbons (Fsp3) is 0.600. The van der Waals surface area contributed by atoms with E-state index >= 15 is 0 Å². The quantitative estimate of drug-likeness (QED) is 0.821. The van der Waals surface area contributed by atoms with E-state index < -0.39 is 0 Å². The van der Waals surface area contributed by atoms with Crippen molar-refractivity contribution in [3.8, 4) is 0 Å². The Morgan fingerprint density at radius 3 is 2.65 bits per heavy atom. The summed E-state index contributed by atoms with van der Waals surface area (Å²) >= 11 is 0. The van der Waals surface area contributed by atoms with E-state index in [-0.39, 0.29) is 0 Å². The van der Waals surface area contributed by atoms with Gasteiger partial charge in [-0.25, -0.2) is 9.97 Å². The molecule has 0 N–H and O–H groups in total. The van der Waals surface area contributed by atoms with Gasteiger partial charge >= 0.3 is 0 Å². The average molecular weight is 356 g/mol. The summed E-state index contributed by atoms with van der Waals surface area (Å²) in [6, 6.07) is 6.38. The molecule has 6 nitrogen and oxygen atoms in total. The number of methoxy groups -OCH3 is 1. The minimum atomic E-state index is 0.345. The van der Waals surface area contributed by atoms with Gasteiger partial charge in [0.05, 0.1) is 19.2 Å². The Morgan fingerprint density at radius 1 is 1.23 bits per heavy atom. The van der Waals surface area contributed by atoms with Gasteiger partial charge in [-0.05, 0) is 62.9 Å². The number of aryl methyl sites for hydroxylation is 1. The van der Waals surface area contributed by atoms with Gasteiger partial charge in [-0.3, -0.25) is 4.90 Å². The molecule has 6 heteroatoms. The summed E-state index contributed by atoms with van der Waals surface area (Å²) in [5.74, 6) is 2.89. The third-order valence-electron chi connectivity index (χ3n) is 5.88. The average Bonchev–Trinajstić information content (AvgIpc) is 3.22. The van der Waals surface area contributed by atoms with Crippen LogP contribution in [0.5, 0.6) is 0 Å². The standard InChI is InChI=1S/C20H28N4O2/c1-16-4-5-18(26-16)13-23-10-6-20(7-11-23)12-17(14-25-2)24(15-20)19-21-8-3-9-22-19/h3-5,8-9,17H,6-7,10-15H2,1-2H3/t17-/m1/s1. The zero-order valence-electron chi connectivity index (χ0n) is 15.7. The summed E-state index contributed by atoms with van der Waals surface area (Å²) in [7, 11) is 1.78. The van der Waals surface area contributed by atoms with Crippen molar-refractivity contribution in [1.82, 2.24) is 14.9 Å². The van der Waals surface area contributed by atoms with E-state index in [1.807, 2.05) is 31.5 Å². The highest BCUT2D eigenvalue weighted by atomic mass is 16.5. The zero-order valence-corrected chi connectivity index (χ0v) is 15.7. The van der Waals surface area contributed by atoms with Crippen molar-refractivity contribution in [3.05, 3.63) is 42.1 Å². The van der Waals surface area contributed by atoms with Gasteiger partial charge in [0.25, 0.3) is 0 Å². The van der Waals surface area contributed by atoms with Crippen LogP contribution in [0.15, 0.2) is 35.0 Å². The molecule has 2 fully saturated rings. The number of aromatic nitrogens is 2. The molecule has 2 aromatic heterocycles. The van der Waals surface area contributed by atoms with Gasteiger partial charge in [-0.2, -0.15) is 0 Å². The fourth-order valence-corrected chi connectivity index (χ4v) is 4.52. The maximum absolute atomic E-state index is 5.74. The number of likely N-dealkylation sites (tertiary alicyclic amines) is 1. The molecular formula is C20H28N4O2. The highest BCUT2D eigenvalue weighted by Gasteiger charge is 2.46. The van der Waals surface area contributed by atoms with Crippen molar-refractivity contribution < 1.29 is 9.15 Å². The molecule has 0 aliphatic carbocycles. The van der Waals surface area contributed by atoms with Crippen molar-refractivity contribution in [2.75, 3.05) is 38.3 Å². The van der Waals surface area contributed by atoms with Gasteiger partial charge in [0.1, 0.15) is 11.5 Å². The first-order valence-corrected chi connectivity index (χ1v) is 9.48. The smallest absolute Gasteiger partial charge is 0.225 e. The summed E-state index contributed by atoms with van der Waals surface area (Å²) in [4.78, 5) is 13.8. The van der Waals surface area contributed by atoms with Crippen LogP contribution in [0.25, 0.3) is 0 Å². The summed E-state index contributed by atoms with van der Waals surface area (Å²) in [6.45, 7) is 6.90. The van der Waals surface area contributed by atoms with Gasteiger partial charge in [-0.1, -0.05) is 0 Å². The van der Waals surface area contributed by atoms with E-state index in [0.717, 1.165) is 56.7 Å². The van der Waals surface area contributed by atoms with Gasteiger partial charge in [0.15, 0.2) is 0 Å². The SMILES string of the molecule is COC[C@H]1CC2(CCN(Cc3ccc(C)o3)CC2)CN1c1ncccn1. The van der Waals surface area contributed by atoms with Crippen molar-refractivity contribution >= 4 is 5.95 Å². The van der Waals surface area contributed by atoms with E-state index in [4.69, 9.17) is 9.15 Å². The molecule has 2 aromatic rings. The van der Waals surface area contributed by atoms with E-state index in [1.54, 1.807) is 7.11 Å². The fourth-order valence-electron chi connectivity index (χ4n) is 4.52. The minimum Gasteiger partial charge on any atom is -0.465 e. The summed E-state index contributed by atoms with van der Waals surface area (Å²) < 4.78 is 11.2. The Labute approximate surface area is 155 Å². The molecule has 0 bridgehead atoms. The molecule has 0 amide bonds. The van der Waals surface area contributed by atoms with Crippen LogP contribution in [-0.2, 0) is 11.3 Å². The molecule has 140 valence electrons. The normalized spacial score (nSPS) is 23.0. The monoisotopic (exact) mass is 356 g/mol. The number of anilines is 1. The van der Waals surface area contributed by atoms with Crippen molar-refractivity contribution in [3.63, 3.8) is 0 Å². The van der Waals surface area contributed by atoms with E-state index in [1.165, 1.54) is 12.8 Å². The lowest BCUT2D eigenvalue weighted by Gasteiger charge is -2.39. The van der Waals surface area contributed by atoms with Crippen molar-refractivity contribution in [2.24, 2.45) is 5.41 Å². The molecular weight excluding hydrogens is 328 g/mol. The Kier molecular flexibility index (Phi) is 4.96. The van der Waals surface area contributed by atoms with Gasteiger partial charge in [0, 0.05) is 26.0 Å². The lowest BCUT2D eigenvalue weighted by Crippen LogP contribution is -2.41. The van der Waals surface area contributed by atoms with E-state index in [0.29, 0.717) is 11.5 Å². The first-order valence-electron chi connectivity index (χ1n) is 9.48.